The van der Waals surface area contributed by atoms with Crippen molar-refractivity contribution in [1.29, 1.82) is 0 Å². The molecule has 0 radical (unpaired) electrons. The molecular formula is C14H19N3O4S. The van der Waals surface area contributed by atoms with E-state index in [1.807, 2.05) is 0 Å². The summed E-state index contributed by atoms with van der Waals surface area (Å²) in [6, 6.07) is 6.10. The summed E-state index contributed by atoms with van der Waals surface area (Å²) in [5.41, 5.74) is 0.848. The second kappa shape index (κ2) is 6.89. The number of hydrogen-bond donors (Lipinski definition) is 2. The van der Waals surface area contributed by atoms with Crippen molar-refractivity contribution < 1.29 is 18.0 Å². The molecule has 0 spiro atoms. The van der Waals surface area contributed by atoms with Gasteiger partial charge in [0.15, 0.2) is 0 Å². The van der Waals surface area contributed by atoms with Crippen LogP contribution in [0.1, 0.15) is 18.4 Å². The lowest BCUT2D eigenvalue weighted by molar-refractivity contribution is -0.145. The summed E-state index contributed by atoms with van der Waals surface area (Å²) in [4.78, 5) is 25.1. The third kappa shape index (κ3) is 4.28. The van der Waals surface area contributed by atoms with Crippen molar-refractivity contribution in [3.8, 4) is 0 Å². The molecule has 22 heavy (non-hydrogen) atoms. The Morgan fingerprint density at radius 1 is 1.14 bits per heavy atom. The highest BCUT2D eigenvalue weighted by Gasteiger charge is 2.23. The maximum atomic E-state index is 11.8. The first kappa shape index (κ1) is 16.4. The fraction of sp³-hybridized carbons (Fsp3) is 0.429. The van der Waals surface area contributed by atoms with E-state index in [0.717, 1.165) is 18.4 Å². The number of carbonyl (C=O) groups is 2. The van der Waals surface area contributed by atoms with Gasteiger partial charge in [0.1, 0.15) is 0 Å². The quantitative estimate of drug-likeness (QED) is 0.735. The molecule has 2 rings (SSSR count). The molecule has 1 fully saturated rings. The molecule has 2 amide bonds. The van der Waals surface area contributed by atoms with E-state index >= 15 is 0 Å². The van der Waals surface area contributed by atoms with E-state index in [1.54, 1.807) is 17.0 Å². The Hall–Kier alpha value is -1.93. The zero-order valence-corrected chi connectivity index (χ0v) is 12.9. The van der Waals surface area contributed by atoms with Gasteiger partial charge in [-0.15, -0.1) is 0 Å². The van der Waals surface area contributed by atoms with Gasteiger partial charge in [-0.3, -0.25) is 9.59 Å². The van der Waals surface area contributed by atoms with Gasteiger partial charge >= 0.3 is 11.8 Å². The number of nitrogens with one attached hydrogen (secondary N) is 1. The molecule has 1 heterocycles. The molecule has 0 bridgehead atoms. The molecule has 1 aliphatic heterocycles. The lowest BCUT2D eigenvalue weighted by Crippen LogP contribution is -2.42. The zero-order valence-electron chi connectivity index (χ0n) is 12.1. The number of sulfonamides is 1. The number of nitrogens with zero attached hydrogens (tertiary/aromatic N) is 1. The van der Waals surface area contributed by atoms with Crippen LogP contribution in [0.4, 0.5) is 0 Å². The number of primary sulfonamides is 1. The summed E-state index contributed by atoms with van der Waals surface area (Å²) >= 11 is 0. The molecule has 0 aliphatic carbocycles. The first-order valence-corrected chi connectivity index (χ1v) is 8.61. The Bertz CT molecular complexity index is 649. The van der Waals surface area contributed by atoms with Crippen molar-refractivity contribution in [2.45, 2.75) is 24.2 Å². The first-order chi connectivity index (χ1) is 10.4. The van der Waals surface area contributed by atoms with Gasteiger partial charge < -0.3 is 10.2 Å². The molecule has 3 N–H and O–H groups in total. The molecule has 7 nitrogen and oxygen atoms in total. The van der Waals surface area contributed by atoms with Crippen molar-refractivity contribution >= 4 is 21.8 Å². The third-order valence-corrected chi connectivity index (χ3v) is 4.47. The summed E-state index contributed by atoms with van der Waals surface area (Å²) in [5.74, 6) is -1.08. The molecule has 1 aliphatic rings. The van der Waals surface area contributed by atoms with Gasteiger partial charge in [-0.2, -0.15) is 0 Å². The normalized spacial score (nSPS) is 14.9. The Balaban J connectivity index is 1.81. The van der Waals surface area contributed by atoms with Crippen LogP contribution in [0.3, 0.4) is 0 Å². The summed E-state index contributed by atoms with van der Waals surface area (Å²) in [7, 11) is -3.69. The van der Waals surface area contributed by atoms with Gasteiger partial charge in [-0.05, 0) is 37.0 Å². The van der Waals surface area contributed by atoms with Crippen LogP contribution in [-0.2, 0) is 26.0 Å². The number of nitrogens with two attached hydrogens (primary N) is 1. The Labute approximate surface area is 129 Å². The smallest absolute Gasteiger partial charge is 0.311 e. The number of likely N-dealkylation sites (tertiary alicyclic amines) is 1. The van der Waals surface area contributed by atoms with E-state index in [2.05, 4.69) is 5.32 Å². The average Bonchev–Trinajstić information content (AvgIpc) is 3.00. The van der Waals surface area contributed by atoms with Gasteiger partial charge in [0.2, 0.25) is 10.0 Å². The molecule has 120 valence electrons. The lowest BCUT2D eigenvalue weighted by atomic mass is 10.1. The van der Waals surface area contributed by atoms with E-state index in [0.29, 0.717) is 26.1 Å². The Morgan fingerprint density at radius 2 is 1.73 bits per heavy atom. The highest BCUT2D eigenvalue weighted by atomic mass is 32.2. The number of hydrogen-bond acceptors (Lipinski definition) is 4. The molecule has 0 unspecified atom stereocenters. The topological polar surface area (TPSA) is 110 Å². The average molecular weight is 325 g/mol. The number of carbonyl (C=O) groups excluding carboxylic acids is 2. The van der Waals surface area contributed by atoms with Crippen molar-refractivity contribution in [3.05, 3.63) is 29.8 Å². The maximum Gasteiger partial charge on any atom is 0.311 e. The van der Waals surface area contributed by atoms with Crippen LogP contribution in [0.2, 0.25) is 0 Å². The SMILES string of the molecule is NS(=O)(=O)c1ccc(CCNC(=O)C(=O)N2CCCC2)cc1. The van der Waals surface area contributed by atoms with Gasteiger partial charge in [-0.25, -0.2) is 13.6 Å². The monoisotopic (exact) mass is 325 g/mol. The van der Waals surface area contributed by atoms with Crippen LogP contribution in [0.25, 0.3) is 0 Å². The van der Waals surface area contributed by atoms with Crippen molar-refractivity contribution in [3.63, 3.8) is 0 Å². The van der Waals surface area contributed by atoms with E-state index in [9.17, 15) is 18.0 Å². The maximum absolute atomic E-state index is 11.8. The largest absolute Gasteiger partial charge is 0.347 e. The van der Waals surface area contributed by atoms with Gasteiger partial charge in [0.25, 0.3) is 0 Å². The van der Waals surface area contributed by atoms with Crippen molar-refractivity contribution in [2.75, 3.05) is 19.6 Å². The van der Waals surface area contributed by atoms with E-state index in [4.69, 9.17) is 5.14 Å². The predicted molar refractivity (Wildman–Crippen MR) is 80.3 cm³/mol. The summed E-state index contributed by atoms with van der Waals surface area (Å²) in [6.45, 7) is 1.59. The summed E-state index contributed by atoms with van der Waals surface area (Å²) in [6.07, 6.45) is 2.38. The second-order valence-corrected chi connectivity index (χ2v) is 6.76. The molecule has 8 heteroatoms. The number of rotatable bonds is 4. The van der Waals surface area contributed by atoms with Crippen LogP contribution in [0.5, 0.6) is 0 Å². The molecule has 0 saturated carbocycles. The van der Waals surface area contributed by atoms with Crippen LogP contribution >= 0.6 is 0 Å². The van der Waals surface area contributed by atoms with Crippen LogP contribution in [0.15, 0.2) is 29.2 Å². The Morgan fingerprint density at radius 3 is 2.27 bits per heavy atom. The summed E-state index contributed by atoms with van der Waals surface area (Å²) < 4.78 is 22.3. The van der Waals surface area contributed by atoms with Gasteiger partial charge in [0.05, 0.1) is 4.90 Å². The fourth-order valence-electron chi connectivity index (χ4n) is 2.31. The third-order valence-electron chi connectivity index (χ3n) is 3.54. The predicted octanol–water partition coefficient (Wildman–Crippen LogP) is -0.385. The highest BCUT2D eigenvalue weighted by molar-refractivity contribution is 7.89. The van der Waals surface area contributed by atoms with Gasteiger partial charge in [0, 0.05) is 19.6 Å². The fourth-order valence-corrected chi connectivity index (χ4v) is 2.82. The molecular weight excluding hydrogens is 306 g/mol. The van der Waals surface area contributed by atoms with E-state index in [-0.39, 0.29) is 4.90 Å². The van der Waals surface area contributed by atoms with Crippen LogP contribution in [0, 0.1) is 0 Å². The zero-order chi connectivity index (χ0) is 16.2. The lowest BCUT2D eigenvalue weighted by Gasteiger charge is -2.14. The minimum Gasteiger partial charge on any atom is -0.347 e. The standard InChI is InChI=1S/C14H19N3O4S/c15-22(20,21)12-5-3-11(4-6-12)7-8-16-13(18)14(19)17-9-1-2-10-17/h3-6H,1-2,7-10H2,(H,16,18)(H2,15,20,21). The van der Waals surface area contributed by atoms with Gasteiger partial charge in [-0.1, -0.05) is 12.1 Å². The minimum atomic E-state index is -3.69. The van der Waals surface area contributed by atoms with Crippen LogP contribution in [-0.4, -0.2) is 44.8 Å². The summed E-state index contributed by atoms with van der Waals surface area (Å²) in [5, 5.41) is 7.59. The highest BCUT2D eigenvalue weighted by Crippen LogP contribution is 2.09. The van der Waals surface area contributed by atoms with E-state index < -0.39 is 21.8 Å². The second-order valence-electron chi connectivity index (χ2n) is 5.19. The molecule has 1 saturated heterocycles. The van der Waals surface area contributed by atoms with Crippen molar-refractivity contribution in [1.82, 2.24) is 10.2 Å². The minimum absolute atomic E-state index is 0.0458. The molecule has 1 aromatic rings. The Kier molecular flexibility index (Phi) is 5.15. The first-order valence-electron chi connectivity index (χ1n) is 7.07. The molecule has 0 aromatic heterocycles. The molecule has 0 atom stereocenters. The van der Waals surface area contributed by atoms with Crippen molar-refractivity contribution in [2.24, 2.45) is 5.14 Å². The van der Waals surface area contributed by atoms with Crippen LogP contribution < -0.4 is 10.5 Å². The number of benzene rings is 1. The van der Waals surface area contributed by atoms with E-state index in [1.165, 1.54) is 12.1 Å². The number of amides is 2. The molecule has 1 aromatic carbocycles.